The fourth-order valence-electron chi connectivity index (χ4n) is 1.61. The van der Waals surface area contributed by atoms with Crippen LogP contribution < -0.4 is 16.8 Å². The first kappa shape index (κ1) is 20.9. The number of nitrogen functional groups attached to an aromatic ring is 1. The van der Waals surface area contributed by atoms with E-state index in [-0.39, 0.29) is 24.8 Å². The number of hydrogen-bond acceptors (Lipinski definition) is 6. The van der Waals surface area contributed by atoms with Gasteiger partial charge in [0.25, 0.3) is 0 Å². The van der Waals surface area contributed by atoms with E-state index in [0.717, 1.165) is 35.7 Å². The lowest BCUT2D eigenvalue weighted by Gasteiger charge is -2.02. The predicted octanol–water partition coefficient (Wildman–Crippen LogP) is 3.34. The molecule has 0 saturated carbocycles. The molecule has 0 spiro atoms. The fraction of sp³-hybridized carbons (Fsp3) is 0.417. The summed E-state index contributed by atoms with van der Waals surface area (Å²) in [5.41, 5.74) is 13.1. The zero-order chi connectivity index (χ0) is 14.5. The summed E-state index contributed by atoms with van der Waals surface area (Å²) in [6.45, 7) is 4.93. The van der Waals surface area contributed by atoms with Gasteiger partial charge < -0.3 is 16.8 Å². The Morgan fingerprint density at radius 3 is 2.68 bits per heavy atom. The second-order valence-electron chi connectivity index (χ2n) is 4.25. The van der Waals surface area contributed by atoms with Crippen LogP contribution in [0.5, 0.6) is 0 Å². The number of aromatic nitrogens is 2. The Balaban J connectivity index is 0.00000220. The van der Waals surface area contributed by atoms with Crippen LogP contribution in [0.3, 0.4) is 0 Å². The molecule has 0 aliphatic heterocycles. The van der Waals surface area contributed by atoms with E-state index in [9.17, 15) is 0 Å². The van der Waals surface area contributed by atoms with Gasteiger partial charge in [-0.3, -0.25) is 0 Å². The Morgan fingerprint density at radius 2 is 2.09 bits per heavy atom. The molecule has 2 rings (SSSR count). The summed E-state index contributed by atoms with van der Waals surface area (Å²) >= 11 is 2.89. The predicted molar refractivity (Wildman–Crippen MR) is 101 cm³/mol. The van der Waals surface area contributed by atoms with Crippen molar-refractivity contribution >= 4 is 63.7 Å². The molecule has 2 aromatic rings. The van der Waals surface area contributed by atoms with Crippen LogP contribution in [0.1, 0.15) is 24.6 Å². The zero-order valence-corrected chi connectivity index (χ0v) is 15.6. The second-order valence-corrected chi connectivity index (χ2v) is 6.32. The van der Waals surface area contributed by atoms with Gasteiger partial charge in [0.1, 0.15) is 11.4 Å². The van der Waals surface area contributed by atoms with Crippen molar-refractivity contribution in [2.45, 2.75) is 26.7 Å². The molecule has 0 saturated heterocycles. The number of rotatable bonds is 5. The number of nitrogens with two attached hydrogens (primary N) is 2. The molecule has 6 nitrogen and oxygen atoms in total. The van der Waals surface area contributed by atoms with Crippen LogP contribution in [0.25, 0.3) is 11.4 Å². The summed E-state index contributed by atoms with van der Waals surface area (Å²) in [6, 6.07) is 0. The van der Waals surface area contributed by atoms with E-state index in [1.807, 2.05) is 12.3 Å². The van der Waals surface area contributed by atoms with Gasteiger partial charge in [-0.1, -0.05) is 13.3 Å². The number of unbranched alkanes of at least 4 members (excludes halogenated alkanes) is 1. The number of guanidine groups is 1. The van der Waals surface area contributed by atoms with Crippen molar-refractivity contribution in [3.63, 3.8) is 0 Å². The minimum absolute atomic E-state index is 0. The van der Waals surface area contributed by atoms with E-state index in [1.54, 1.807) is 0 Å². The highest BCUT2D eigenvalue weighted by Gasteiger charge is 2.11. The maximum Gasteiger partial charge on any atom is 0.212 e. The van der Waals surface area contributed by atoms with E-state index < -0.39 is 0 Å². The molecule has 0 aliphatic rings. The van der Waals surface area contributed by atoms with Crippen molar-refractivity contribution in [2.24, 2.45) is 10.7 Å². The smallest absolute Gasteiger partial charge is 0.212 e. The first-order valence-electron chi connectivity index (χ1n) is 6.37. The number of anilines is 1. The van der Waals surface area contributed by atoms with Crippen LogP contribution in [0.15, 0.2) is 10.4 Å². The summed E-state index contributed by atoms with van der Waals surface area (Å²) in [7, 11) is 0. The molecule has 0 bridgehead atoms. The average molecular weight is 383 g/mol. The average Bonchev–Trinajstić information content (AvgIpc) is 2.96. The molecule has 2 aromatic heterocycles. The van der Waals surface area contributed by atoms with Crippen molar-refractivity contribution in [1.29, 1.82) is 0 Å². The van der Waals surface area contributed by atoms with Gasteiger partial charge in [0.2, 0.25) is 5.13 Å². The first-order chi connectivity index (χ1) is 9.60. The molecule has 0 aliphatic carbocycles. The number of nitrogens with zero attached hydrogens (tertiary/aromatic N) is 3. The minimum atomic E-state index is 0. The molecule has 0 aromatic carbocycles. The molecule has 2 heterocycles. The topological polar surface area (TPSA) is 102 Å². The molecule has 124 valence electrons. The normalized spacial score (nSPS) is 10.7. The van der Waals surface area contributed by atoms with Gasteiger partial charge in [0.05, 0.1) is 0 Å². The number of aliphatic imine (C=N–C) groups is 1. The van der Waals surface area contributed by atoms with Crippen LogP contribution in [-0.2, 0) is 0 Å². The zero-order valence-electron chi connectivity index (χ0n) is 12.3. The van der Waals surface area contributed by atoms with E-state index >= 15 is 0 Å². The van der Waals surface area contributed by atoms with Gasteiger partial charge in [-0.05, 0) is 13.3 Å². The molecule has 0 unspecified atom stereocenters. The van der Waals surface area contributed by atoms with E-state index in [4.69, 9.17) is 11.5 Å². The number of nitrogens with one attached hydrogen (secondary N) is 1. The molecule has 0 radical (unpaired) electrons. The number of thiazole rings is 2. The molecular formula is C12H20Cl2N6S2. The molecule has 0 amide bonds. The second kappa shape index (κ2) is 9.83. The molecule has 22 heavy (non-hydrogen) atoms. The van der Waals surface area contributed by atoms with E-state index in [2.05, 4.69) is 27.2 Å². The van der Waals surface area contributed by atoms with Gasteiger partial charge in [-0.25, -0.2) is 9.97 Å². The van der Waals surface area contributed by atoms with Crippen molar-refractivity contribution in [1.82, 2.24) is 15.3 Å². The van der Waals surface area contributed by atoms with E-state index in [1.165, 1.54) is 22.7 Å². The van der Waals surface area contributed by atoms with Crippen LogP contribution >= 0.6 is 47.5 Å². The van der Waals surface area contributed by atoms with Crippen molar-refractivity contribution < 1.29 is 0 Å². The minimum Gasteiger partial charge on any atom is -0.375 e. The summed E-state index contributed by atoms with van der Waals surface area (Å²) in [6.07, 6.45) is 2.18. The molecular weight excluding hydrogens is 363 g/mol. The number of halogens is 2. The quantitative estimate of drug-likeness (QED) is 0.418. The maximum atomic E-state index is 5.80. The van der Waals surface area contributed by atoms with Gasteiger partial charge in [-0.15, -0.1) is 47.5 Å². The van der Waals surface area contributed by atoms with Crippen LogP contribution in [0, 0.1) is 6.92 Å². The number of hydrogen-bond donors (Lipinski definition) is 3. The van der Waals surface area contributed by atoms with Crippen molar-refractivity contribution in [3.05, 3.63) is 10.3 Å². The van der Waals surface area contributed by atoms with Gasteiger partial charge in [0.15, 0.2) is 11.1 Å². The largest absolute Gasteiger partial charge is 0.375 e. The van der Waals surface area contributed by atoms with Gasteiger partial charge in [-0.2, -0.15) is 4.99 Å². The Morgan fingerprint density at radius 1 is 1.36 bits per heavy atom. The highest BCUT2D eigenvalue weighted by Crippen LogP contribution is 2.31. The number of aryl methyl sites for hydroxylation is 1. The first-order valence-corrected chi connectivity index (χ1v) is 8.06. The molecule has 5 N–H and O–H groups in total. The summed E-state index contributed by atoms with van der Waals surface area (Å²) < 4.78 is 0. The highest BCUT2D eigenvalue weighted by molar-refractivity contribution is 7.16. The van der Waals surface area contributed by atoms with Crippen LogP contribution in [0.4, 0.5) is 10.3 Å². The van der Waals surface area contributed by atoms with Crippen LogP contribution in [0.2, 0.25) is 0 Å². The monoisotopic (exact) mass is 382 g/mol. The van der Waals surface area contributed by atoms with E-state index in [0.29, 0.717) is 16.2 Å². The molecule has 10 heteroatoms. The lowest BCUT2D eigenvalue weighted by atomic mass is 10.3. The standard InChI is InChI=1S/C12H18N6S2.2ClH/c1-3-4-5-15-10(13)18-12-16-8(6-19-12)9-7(2)20-11(14)17-9;;/h6H,3-5H2,1-2H3,(H2,14,17)(H3,13,15,16,18);2*1H. The Hall–Kier alpha value is -1.09. The van der Waals surface area contributed by atoms with Crippen molar-refractivity contribution in [2.75, 3.05) is 12.3 Å². The van der Waals surface area contributed by atoms with Gasteiger partial charge in [0, 0.05) is 16.8 Å². The summed E-state index contributed by atoms with van der Waals surface area (Å²) in [4.78, 5) is 14.0. The summed E-state index contributed by atoms with van der Waals surface area (Å²) in [5, 5.41) is 6.14. The molecule has 0 fully saturated rings. The van der Waals surface area contributed by atoms with Crippen LogP contribution in [-0.4, -0.2) is 22.5 Å². The maximum absolute atomic E-state index is 5.80. The van der Waals surface area contributed by atoms with Crippen molar-refractivity contribution in [3.8, 4) is 11.4 Å². The summed E-state index contributed by atoms with van der Waals surface area (Å²) in [5.74, 6) is 0.397. The lowest BCUT2D eigenvalue weighted by Crippen LogP contribution is -2.31. The Kier molecular flexibility index (Phi) is 9.34. The lowest BCUT2D eigenvalue weighted by molar-refractivity contribution is 0.751. The molecule has 0 atom stereocenters. The van der Waals surface area contributed by atoms with Gasteiger partial charge >= 0.3 is 0 Å². The Labute approximate surface area is 150 Å². The third-order valence-corrected chi connectivity index (χ3v) is 4.13. The fourth-order valence-corrected chi connectivity index (χ4v) is 3.00. The Bertz CT molecular complexity index is 611. The third kappa shape index (κ3) is 5.60. The SMILES string of the molecule is CCCCNC(N)=Nc1nc(-c2nc(N)sc2C)cs1.Cl.Cl. The third-order valence-electron chi connectivity index (χ3n) is 2.60. The highest BCUT2D eigenvalue weighted by atomic mass is 35.5.